The normalized spacial score (nSPS) is 13.3. The van der Waals surface area contributed by atoms with Crippen molar-refractivity contribution in [3.05, 3.63) is 28.8 Å². The standard InChI is InChI=1S/C13H17Cl2NO3S/c1-8(2)4-9(3)16-13(17)10-5-11(14)7-12(6-10)20(15,18)19/h5-9H,4H2,1-3H3,(H,16,17). The van der Waals surface area contributed by atoms with E-state index in [1.807, 2.05) is 6.92 Å². The minimum atomic E-state index is -3.92. The Balaban J connectivity index is 2.97. The molecule has 7 heteroatoms. The summed E-state index contributed by atoms with van der Waals surface area (Å²) in [5.74, 6) is 0.0747. The highest BCUT2D eigenvalue weighted by atomic mass is 35.7. The number of benzene rings is 1. The van der Waals surface area contributed by atoms with Crippen molar-refractivity contribution >= 4 is 37.2 Å². The molecule has 1 rings (SSSR count). The summed E-state index contributed by atoms with van der Waals surface area (Å²) in [6.07, 6.45) is 0.826. The van der Waals surface area contributed by atoms with Crippen LogP contribution in [0.2, 0.25) is 5.02 Å². The number of rotatable bonds is 5. The molecular weight excluding hydrogens is 321 g/mol. The van der Waals surface area contributed by atoms with Gasteiger partial charge in [-0.3, -0.25) is 4.79 Å². The SMILES string of the molecule is CC(C)CC(C)NC(=O)c1cc(Cl)cc(S(=O)(=O)Cl)c1. The quantitative estimate of drug-likeness (QED) is 0.837. The van der Waals surface area contributed by atoms with Gasteiger partial charge in [0.05, 0.1) is 4.90 Å². The predicted molar refractivity (Wildman–Crippen MR) is 80.9 cm³/mol. The fourth-order valence-electron chi connectivity index (χ4n) is 1.91. The number of hydrogen-bond acceptors (Lipinski definition) is 3. The Bertz CT molecular complexity index is 600. The number of amides is 1. The van der Waals surface area contributed by atoms with Gasteiger partial charge in [-0.25, -0.2) is 8.42 Å². The van der Waals surface area contributed by atoms with Crippen molar-refractivity contribution in [3.8, 4) is 0 Å². The third-order valence-corrected chi connectivity index (χ3v) is 4.17. The smallest absolute Gasteiger partial charge is 0.261 e. The first-order valence-electron chi connectivity index (χ1n) is 6.15. The Morgan fingerprint density at radius 3 is 2.35 bits per heavy atom. The topological polar surface area (TPSA) is 63.2 Å². The second-order valence-electron chi connectivity index (χ2n) is 5.12. The van der Waals surface area contributed by atoms with Gasteiger partial charge < -0.3 is 5.32 Å². The van der Waals surface area contributed by atoms with Gasteiger partial charge in [0.2, 0.25) is 0 Å². The first-order chi connectivity index (χ1) is 9.09. The van der Waals surface area contributed by atoms with E-state index < -0.39 is 9.05 Å². The van der Waals surface area contributed by atoms with E-state index in [9.17, 15) is 13.2 Å². The van der Waals surface area contributed by atoms with Crippen LogP contribution in [0.4, 0.5) is 0 Å². The summed E-state index contributed by atoms with van der Waals surface area (Å²) in [5, 5.41) is 2.94. The number of halogens is 2. The molecule has 0 bridgehead atoms. The zero-order chi connectivity index (χ0) is 15.5. The van der Waals surface area contributed by atoms with Crippen LogP contribution in [0.15, 0.2) is 23.1 Å². The summed E-state index contributed by atoms with van der Waals surface area (Å²) in [7, 11) is 1.34. The van der Waals surface area contributed by atoms with Crippen molar-refractivity contribution in [2.45, 2.75) is 38.1 Å². The number of hydrogen-bond donors (Lipinski definition) is 1. The molecule has 0 aromatic heterocycles. The van der Waals surface area contributed by atoms with Crippen molar-refractivity contribution in [1.29, 1.82) is 0 Å². The third-order valence-electron chi connectivity index (χ3n) is 2.62. The lowest BCUT2D eigenvalue weighted by Gasteiger charge is -2.16. The van der Waals surface area contributed by atoms with Gasteiger partial charge >= 0.3 is 0 Å². The fourth-order valence-corrected chi connectivity index (χ4v) is 3.01. The van der Waals surface area contributed by atoms with E-state index in [0.29, 0.717) is 5.92 Å². The molecule has 0 aliphatic heterocycles. The zero-order valence-corrected chi connectivity index (χ0v) is 13.8. The molecule has 0 heterocycles. The Hall–Kier alpha value is -0.780. The van der Waals surface area contributed by atoms with Gasteiger partial charge in [-0.15, -0.1) is 0 Å². The highest BCUT2D eigenvalue weighted by Crippen LogP contribution is 2.22. The maximum Gasteiger partial charge on any atom is 0.261 e. The van der Waals surface area contributed by atoms with E-state index in [-0.39, 0.29) is 27.4 Å². The maximum absolute atomic E-state index is 12.1. The largest absolute Gasteiger partial charge is 0.350 e. The van der Waals surface area contributed by atoms with Crippen LogP contribution in [0.1, 0.15) is 37.6 Å². The minimum absolute atomic E-state index is 0.0162. The number of carbonyl (C=O) groups excluding carboxylic acids is 1. The molecule has 1 aromatic carbocycles. The van der Waals surface area contributed by atoms with Crippen LogP contribution < -0.4 is 5.32 Å². The van der Waals surface area contributed by atoms with Crippen LogP contribution in [-0.4, -0.2) is 20.4 Å². The first-order valence-corrected chi connectivity index (χ1v) is 8.84. The van der Waals surface area contributed by atoms with Gasteiger partial charge in [0.1, 0.15) is 0 Å². The summed E-state index contributed by atoms with van der Waals surface area (Å²) in [4.78, 5) is 11.9. The highest BCUT2D eigenvalue weighted by molar-refractivity contribution is 8.13. The van der Waals surface area contributed by atoms with Crippen LogP contribution in [0, 0.1) is 5.92 Å². The van der Waals surface area contributed by atoms with E-state index in [1.54, 1.807) is 0 Å². The average Bonchev–Trinajstić information content (AvgIpc) is 2.25. The van der Waals surface area contributed by atoms with Crippen molar-refractivity contribution in [2.24, 2.45) is 5.92 Å². The van der Waals surface area contributed by atoms with E-state index >= 15 is 0 Å². The summed E-state index contributed by atoms with van der Waals surface area (Å²) in [6, 6.07) is 3.81. The van der Waals surface area contributed by atoms with Crippen LogP contribution in [0.25, 0.3) is 0 Å². The van der Waals surface area contributed by atoms with E-state index in [1.165, 1.54) is 18.2 Å². The Morgan fingerprint density at radius 1 is 1.25 bits per heavy atom. The Labute approximate surface area is 128 Å². The molecule has 0 saturated carbocycles. The summed E-state index contributed by atoms with van der Waals surface area (Å²) >= 11 is 5.82. The molecule has 1 unspecified atom stereocenters. The molecule has 20 heavy (non-hydrogen) atoms. The molecular formula is C13H17Cl2NO3S. The highest BCUT2D eigenvalue weighted by Gasteiger charge is 2.17. The molecule has 0 spiro atoms. The molecule has 0 aliphatic carbocycles. The summed E-state index contributed by atoms with van der Waals surface area (Å²) in [5.41, 5.74) is 0.173. The van der Waals surface area contributed by atoms with Crippen molar-refractivity contribution in [2.75, 3.05) is 0 Å². The van der Waals surface area contributed by atoms with Gasteiger partial charge in [0.25, 0.3) is 15.0 Å². The molecule has 1 aromatic rings. The van der Waals surface area contributed by atoms with Crippen LogP contribution in [-0.2, 0) is 9.05 Å². The average molecular weight is 338 g/mol. The molecule has 1 N–H and O–H groups in total. The van der Waals surface area contributed by atoms with Crippen LogP contribution in [0.5, 0.6) is 0 Å². The van der Waals surface area contributed by atoms with Gasteiger partial charge in [-0.1, -0.05) is 25.4 Å². The summed E-state index contributed by atoms with van der Waals surface area (Å²) in [6.45, 7) is 6.00. The van der Waals surface area contributed by atoms with Crippen molar-refractivity contribution < 1.29 is 13.2 Å². The molecule has 1 atom stereocenters. The second-order valence-corrected chi connectivity index (χ2v) is 8.12. The van der Waals surface area contributed by atoms with E-state index in [4.69, 9.17) is 22.3 Å². The maximum atomic E-state index is 12.1. The lowest BCUT2D eigenvalue weighted by Crippen LogP contribution is -2.33. The molecule has 0 aliphatic rings. The lowest BCUT2D eigenvalue weighted by atomic mass is 10.0. The van der Waals surface area contributed by atoms with Crippen LogP contribution >= 0.6 is 22.3 Å². The van der Waals surface area contributed by atoms with E-state index in [2.05, 4.69) is 19.2 Å². The fraction of sp³-hybridized carbons (Fsp3) is 0.462. The molecule has 0 saturated heterocycles. The number of nitrogens with one attached hydrogen (secondary N) is 1. The lowest BCUT2D eigenvalue weighted by molar-refractivity contribution is 0.0936. The van der Waals surface area contributed by atoms with E-state index in [0.717, 1.165) is 6.42 Å². The second kappa shape index (κ2) is 6.78. The van der Waals surface area contributed by atoms with Gasteiger partial charge in [0, 0.05) is 27.3 Å². The molecule has 0 fully saturated rings. The zero-order valence-electron chi connectivity index (χ0n) is 11.5. The predicted octanol–water partition coefficient (Wildman–Crippen LogP) is 3.43. The summed E-state index contributed by atoms with van der Waals surface area (Å²) < 4.78 is 22.6. The van der Waals surface area contributed by atoms with Crippen molar-refractivity contribution in [3.63, 3.8) is 0 Å². The Morgan fingerprint density at radius 2 is 1.85 bits per heavy atom. The van der Waals surface area contributed by atoms with Crippen LogP contribution in [0.3, 0.4) is 0 Å². The molecule has 4 nitrogen and oxygen atoms in total. The molecule has 112 valence electrons. The monoisotopic (exact) mass is 337 g/mol. The third kappa shape index (κ3) is 5.31. The molecule has 0 radical (unpaired) electrons. The first kappa shape index (κ1) is 17.3. The van der Waals surface area contributed by atoms with Gasteiger partial charge in [0.15, 0.2) is 0 Å². The Kier molecular flexibility index (Phi) is 5.86. The van der Waals surface area contributed by atoms with Crippen molar-refractivity contribution in [1.82, 2.24) is 5.32 Å². The van der Waals surface area contributed by atoms with Gasteiger partial charge in [-0.2, -0.15) is 0 Å². The van der Waals surface area contributed by atoms with Gasteiger partial charge in [-0.05, 0) is 37.5 Å². The minimum Gasteiger partial charge on any atom is -0.350 e. The molecule has 1 amide bonds. The number of carbonyl (C=O) groups is 1.